The summed E-state index contributed by atoms with van der Waals surface area (Å²) in [7, 11) is 1.73. The van der Waals surface area contributed by atoms with Gasteiger partial charge in [0.2, 0.25) is 5.91 Å². The zero-order chi connectivity index (χ0) is 28.5. The minimum absolute atomic E-state index is 0.0323. The minimum atomic E-state index is -0.859. The molecule has 0 spiro atoms. The van der Waals surface area contributed by atoms with Gasteiger partial charge in [-0.3, -0.25) is 9.59 Å². The number of amides is 1. The average Bonchev–Trinajstić information content (AvgIpc) is 3.37. The van der Waals surface area contributed by atoms with Crippen LogP contribution in [0.2, 0.25) is 5.02 Å². The molecular formula is C29H40ClF2N3O3. The van der Waals surface area contributed by atoms with Gasteiger partial charge in [0.1, 0.15) is 11.6 Å². The van der Waals surface area contributed by atoms with Gasteiger partial charge < -0.3 is 20.7 Å². The van der Waals surface area contributed by atoms with Crippen LogP contribution < -0.4 is 16.0 Å². The number of carbonyl (C=O) groups excluding carboxylic acids is 2. The van der Waals surface area contributed by atoms with Crippen LogP contribution in [0, 0.1) is 11.6 Å². The normalized spacial score (nSPS) is 16.3. The van der Waals surface area contributed by atoms with Crippen molar-refractivity contribution in [3.8, 4) is 0 Å². The maximum absolute atomic E-state index is 13.2. The number of likely N-dealkylation sites (N-methyl/N-ethyl adjacent to an activating group) is 1. The van der Waals surface area contributed by atoms with Gasteiger partial charge in [-0.2, -0.15) is 0 Å². The smallest absolute Gasteiger partial charge is 0.323 e. The maximum atomic E-state index is 13.2. The van der Waals surface area contributed by atoms with Gasteiger partial charge in [0.05, 0.1) is 6.04 Å². The van der Waals surface area contributed by atoms with Gasteiger partial charge in [0, 0.05) is 17.0 Å². The number of hydrogen-bond donors (Lipinski definition) is 3. The molecule has 3 rings (SSSR count). The van der Waals surface area contributed by atoms with Crippen LogP contribution in [0.3, 0.4) is 0 Å². The minimum Gasteiger partial charge on any atom is -0.458 e. The molecule has 210 valence electrons. The third-order valence-electron chi connectivity index (χ3n) is 6.18. The Hall–Kier alpha value is -2.55. The molecule has 1 aliphatic rings. The fraction of sp³-hybridized carbons (Fsp3) is 0.517. The molecule has 1 saturated heterocycles. The van der Waals surface area contributed by atoms with Gasteiger partial charge in [-0.25, -0.2) is 8.78 Å². The molecule has 0 aromatic heterocycles. The van der Waals surface area contributed by atoms with Crippen molar-refractivity contribution in [1.29, 1.82) is 0 Å². The van der Waals surface area contributed by atoms with Gasteiger partial charge in [-0.05, 0) is 103 Å². The predicted octanol–water partition coefficient (Wildman–Crippen LogP) is 4.97. The molecule has 0 radical (unpaired) electrons. The van der Waals surface area contributed by atoms with E-state index in [-0.39, 0.29) is 24.0 Å². The van der Waals surface area contributed by atoms with Crippen molar-refractivity contribution in [3.05, 3.63) is 70.2 Å². The van der Waals surface area contributed by atoms with Crippen molar-refractivity contribution in [2.75, 3.05) is 13.6 Å². The maximum Gasteiger partial charge on any atom is 0.323 e. The lowest BCUT2D eigenvalue weighted by atomic mass is 9.94. The Balaban J connectivity index is 0.000000269. The van der Waals surface area contributed by atoms with E-state index in [1.54, 1.807) is 20.0 Å². The van der Waals surface area contributed by atoms with Crippen molar-refractivity contribution >= 4 is 23.5 Å². The SMILES string of the molecule is CC(C)(Cc1ccc(F)c(F)c1)NC(=O)C1CCCN1.CNC(C)C(=O)OC(C)(C)Cc1ccc(Cl)cc1. The zero-order valence-corrected chi connectivity index (χ0v) is 23.8. The van der Waals surface area contributed by atoms with E-state index in [2.05, 4.69) is 16.0 Å². The van der Waals surface area contributed by atoms with Crippen LogP contribution in [-0.4, -0.2) is 48.7 Å². The topological polar surface area (TPSA) is 79.5 Å². The predicted molar refractivity (Wildman–Crippen MR) is 147 cm³/mol. The molecule has 2 unspecified atom stereocenters. The summed E-state index contributed by atoms with van der Waals surface area (Å²) >= 11 is 5.83. The second kappa shape index (κ2) is 14.0. The Labute approximate surface area is 229 Å². The van der Waals surface area contributed by atoms with Gasteiger partial charge in [0.15, 0.2) is 11.6 Å². The number of benzene rings is 2. The third-order valence-corrected chi connectivity index (χ3v) is 6.43. The number of rotatable bonds is 9. The molecule has 1 amide bonds. The fourth-order valence-electron chi connectivity index (χ4n) is 4.14. The zero-order valence-electron chi connectivity index (χ0n) is 23.1. The summed E-state index contributed by atoms with van der Waals surface area (Å²) in [6.45, 7) is 10.2. The van der Waals surface area contributed by atoms with Gasteiger partial charge >= 0.3 is 5.97 Å². The molecule has 2 atom stereocenters. The van der Waals surface area contributed by atoms with Crippen LogP contribution in [0.15, 0.2) is 42.5 Å². The van der Waals surface area contributed by atoms with Crippen LogP contribution in [0.4, 0.5) is 8.78 Å². The van der Waals surface area contributed by atoms with E-state index in [1.165, 1.54) is 6.07 Å². The number of halogens is 3. The van der Waals surface area contributed by atoms with Gasteiger partial charge in [0.25, 0.3) is 0 Å². The van der Waals surface area contributed by atoms with Crippen molar-refractivity contribution in [1.82, 2.24) is 16.0 Å². The third kappa shape index (κ3) is 10.7. The van der Waals surface area contributed by atoms with Gasteiger partial charge in [-0.15, -0.1) is 0 Å². The highest BCUT2D eigenvalue weighted by Crippen LogP contribution is 2.20. The highest BCUT2D eigenvalue weighted by Gasteiger charge is 2.28. The summed E-state index contributed by atoms with van der Waals surface area (Å²) in [5.74, 6) is -1.99. The molecule has 2 aromatic rings. The molecule has 9 heteroatoms. The van der Waals surface area contributed by atoms with E-state index < -0.39 is 22.8 Å². The number of ether oxygens (including phenoxy) is 1. The van der Waals surface area contributed by atoms with E-state index in [4.69, 9.17) is 16.3 Å². The molecular weight excluding hydrogens is 512 g/mol. The molecule has 1 fully saturated rings. The lowest BCUT2D eigenvalue weighted by Gasteiger charge is -2.28. The Bertz CT molecular complexity index is 1070. The molecule has 3 N–H and O–H groups in total. The standard InChI is InChI=1S/C15H20F2N2O.C14H20ClNO2/c1-15(2,19-14(20)13-4-3-7-18-13)9-10-5-6-11(16)12(17)8-10;1-10(16-4)13(17)18-14(2,3)9-11-5-7-12(15)8-6-11/h5-6,8,13,18H,3-4,7,9H2,1-2H3,(H,19,20);5-8,10,16H,9H2,1-4H3. The van der Waals surface area contributed by atoms with Crippen molar-refractivity contribution in [3.63, 3.8) is 0 Å². The summed E-state index contributed by atoms with van der Waals surface area (Å²) in [5, 5.41) is 9.67. The quantitative estimate of drug-likeness (QED) is 0.384. The highest BCUT2D eigenvalue weighted by atomic mass is 35.5. The number of hydrogen-bond acceptors (Lipinski definition) is 5. The van der Waals surface area contributed by atoms with Crippen LogP contribution in [0.1, 0.15) is 58.6 Å². The van der Waals surface area contributed by atoms with Crippen molar-refractivity contribution in [2.45, 2.75) is 83.5 Å². The summed E-state index contributed by atoms with van der Waals surface area (Å²) in [5.41, 5.74) is 0.713. The number of esters is 1. The van der Waals surface area contributed by atoms with Crippen molar-refractivity contribution in [2.24, 2.45) is 0 Å². The second-order valence-corrected chi connectivity index (χ2v) is 11.4. The first-order chi connectivity index (χ1) is 17.7. The first kappa shape index (κ1) is 31.7. The van der Waals surface area contributed by atoms with Crippen LogP contribution in [0.5, 0.6) is 0 Å². The fourth-order valence-corrected chi connectivity index (χ4v) is 4.27. The molecule has 0 aliphatic carbocycles. The van der Waals surface area contributed by atoms with Gasteiger partial charge in [-0.1, -0.05) is 29.8 Å². The highest BCUT2D eigenvalue weighted by molar-refractivity contribution is 6.30. The molecule has 1 aliphatic heterocycles. The monoisotopic (exact) mass is 551 g/mol. The molecule has 0 saturated carbocycles. The molecule has 6 nitrogen and oxygen atoms in total. The molecule has 1 heterocycles. The molecule has 0 bridgehead atoms. The largest absolute Gasteiger partial charge is 0.458 e. The lowest BCUT2D eigenvalue weighted by Crippen LogP contribution is -2.51. The number of nitrogens with one attached hydrogen (secondary N) is 3. The molecule has 2 aromatic carbocycles. The van der Waals surface area contributed by atoms with E-state index in [0.717, 1.165) is 31.0 Å². The summed E-state index contributed by atoms with van der Waals surface area (Å²) in [6, 6.07) is 11.0. The Morgan fingerprint density at radius 1 is 1.05 bits per heavy atom. The first-order valence-electron chi connectivity index (χ1n) is 12.9. The first-order valence-corrected chi connectivity index (χ1v) is 13.2. The van der Waals surface area contributed by atoms with Crippen molar-refractivity contribution < 1.29 is 23.1 Å². The van der Waals surface area contributed by atoms with E-state index in [9.17, 15) is 18.4 Å². The summed E-state index contributed by atoms with van der Waals surface area (Å²) < 4.78 is 31.6. The van der Waals surface area contributed by atoms with Crippen LogP contribution in [0.25, 0.3) is 0 Å². The van der Waals surface area contributed by atoms with E-state index in [0.29, 0.717) is 23.4 Å². The van der Waals surface area contributed by atoms with E-state index >= 15 is 0 Å². The number of carbonyl (C=O) groups is 2. The Morgan fingerprint density at radius 3 is 2.24 bits per heavy atom. The van der Waals surface area contributed by atoms with Crippen LogP contribution in [-0.2, 0) is 27.2 Å². The summed E-state index contributed by atoms with van der Waals surface area (Å²) in [6.07, 6.45) is 2.95. The molecule has 38 heavy (non-hydrogen) atoms. The second-order valence-electron chi connectivity index (χ2n) is 10.9. The average molecular weight is 552 g/mol. The Morgan fingerprint density at radius 2 is 1.68 bits per heavy atom. The van der Waals surface area contributed by atoms with Crippen LogP contribution >= 0.6 is 11.6 Å². The summed E-state index contributed by atoms with van der Waals surface area (Å²) in [4.78, 5) is 23.8. The van der Waals surface area contributed by atoms with E-state index in [1.807, 2.05) is 52.0 Å². The lowest BCUT2D eigenvalue weighted by molar-refractivity contribution is -0.158. The Kier molecular flexibility index (Phi) is 11.7.